The zero-order valence-electron chi connectivity index (χ0n) is 19.8. The normalized spacial score (nSPS) is 14.8. The van der Waals surface area contributed by atoms with E-state index in [9.17, 15) is 18.0 Å². The van der Waals surface area contributed by atoms with Gasteiger partial charge in [-0.3, -0.25) is 0 Å². The summed E-state index contributed by atoms with van der Waals surface area (Å²) in [5.74, 6) is 0.433. The molecule has 1 aliphatic rings. The molecule has 7 nitrogen and oxygen atoms in total. The van der Waals surface area contributed by atoms with Gasteiger partial charge in [0.1, 0.15) is 0 Å². The number of anilines is 1. The molecule has 0 saturated carbocycles. The van der Waals surface area contributed by atoms with E-state index in [2.05, 4.69) is 27.0 Å². The number of carbonyl (C=O) groups is 1. The van der Waals surface area contributed by atoms with Crippen LogP contribution < -0.4 is 14.8 Å². The number of hydrogen-bond acceptors (Lipinski definition) is 5. The Kier molecular flexibility index (Phi) is 7.67. The summed E-state index contributed by atoms with van der Waals surface area (Å²) in [4.78, 5) is 22.3. The van der Waals surface area contributed by atoms with Gasteiger partial charge in [-0.25, -0.2) is 0 Å². The molecule has 0 atom stereocenters. The number of amides is 1. The molecule has 0 bridgehead atoms. The van der Waals surface area contributed by atoms with Gasteiger partial charge in [0.2, 0.25) is 0 Å². The number of nitrogens with one attached hydrogen (secondary N) is 1. The van der Waals surface area contributed by atoms with Crippen molar-refractivity contribution in [3.63, 3.8) is 0 Å². The van der Waals surface area contributed by atoms with Crippen LogP contribution in [-0.2, 0) is 0 Å². The number of para-hydroxylation sites is 2. The fourth-order valence-corrected chi connectivity index (χ4v) is 8.90. The molecule has 1 N–H and O–H groups in total. The Bertz CT molecular complexity index is 1300. The molecule has 3 aromatic rings. The second-order valence-electron chi connectivity index (χ2n) is 7.91. The Labute approximate surface area is 213 Å². The summed E-state index contributed by atoms with van der Waals surface area (Å²) >= 11 is -2.00. The molecule has 0 fully saturated rings. The van der Waals surface area contributed by atoms with E-state index >= 15 is 0 Å². The van der Waals surface area contributed by atoms with Crippen LogP contribution in [0.2, 0.25) is 0 Å². The van der Waals surface area contributed by atoms with Gasteiger partial charge in [0.05, 0.1) is 0 Å². The summed E-state index contributed by atoms with van der Waals surface area (Å²) in [5.41, 5.74) is 1.20. The van der Waals surface area contributed by atoms with E-state index in [1.807, 2.05) is 18.2 Å². The van der Waals surface area contributed by atoms with E-state index < -0.39 is 26.2 Å². The van der Waals surface area contributed by atoms with E-state index in [4.69, 9.17) is 4.74 Å². The fourth-order valence-electron chi connectivity index (χ4n) is 3.41. The predicted molar refractivity (Wildman–Crippen MR) is 140 cm³/mol. The number of ether oxygens (including phenoxy) is 2. The summed E-state index contributed by atoms with van der Waals surface area (Å²) in [7, 11) is 3.29. The molecule has 0 spiro atoms. The van der Waals surface area contributed by atoms with Crippen molar-refractivity contribution >= 4 is 40.9 Å². The Hall–Kier alpha value is -3.35. The summed E-state index contributed by atoms with van der Waals surface area (Å²) < 4.78 is 51.5. The molecule has 190 valence electrons. The zero-order chi connectivity index (χ0) is 25.9. The molecular weight excluding hydrogens is 588 g/mol. The van der Waals surface area contributed by atoms with Crippen LogP contribution in [0, 0.1) is 3.57 Å². The first-order valence-electron chi connectivity index (χ1n) is 11.0. The predicted octanol–water partition coefficient (Wildman–Crippen LogP) is 6.67. The van der Waals surface area contributed by atoms with Crippen molar-refractivity contribution in [2.24, 2.45) is 4.99 Å². The summed E-state index contributed by atoms with van der Waals surface area (Å²) in [6.45, 7) is 2.07. The fraction of sp³-hybridized carbons (Fsp3) is 0.240. The number of nitrogens with zero attached hydrogens (tertiary/aromatic N) is 3. The number of aromatic nitrogens is 1. The van der Waals surface area contributed by atoms with Crippen molar-refractivity contribution < 1.29 is 27.4 Å². The van der Waals surface area contributed by atoms with Gasteiger partial charge in [0.25, 0.3) is 0 Å². The van der Waals surface area contributed by atoms with E-state index in [1.54, 1.807) is 32.3 Å². The quantitative estimate of drug-likeness (QED) is 0.183. The molecule has 1 aromatic heterocycles. The van der Waals surface area contributed by atoms with Crippen LogP contribution in [0.3, 0.4) is 0 Å². The van der Waals surface area contributed by atoms with Gasteiger partial charge >= 0.3 is 214 Å². The minimum atomic E-state index is -4.81. The Balaban J connectivity index is 1.61. The number of aliphatic imine (C=N–C) groups is 1. The monoisotopic (exact) mass is 612 g/mol. The molecule has 0 saturated heterocycles. The summed E-state index contributed by atoms with van der Waals surface area (Å²) in [6, 6.07) is 14.8. The van der Waals surface area contributed by atoms with Gasteiger partial charge in [0.15, 0.2) is 0 Å². The Morgan fingerprint density at radius 2 is 1.86 bits per heavy atom. The first kappa shape index (κ1) is 25.7. The molecular formula is C25H24F3IN4O3. The van der Waals surface area contributed by atoms with Crippen molar-refractivity contribution in [2.75, 3.05) is 23.8 Å². The number of carbonyl (C=O) groups excluding carboxylic acids is 1. The van der Waals surface area contributed by atoms with Crippen molar-refractivity contribution in [3.8, 4) is 17.2 Å². The van der Waals surface area contributed by atoms with Crippen LogP contribution in [-0.4, -0.2) is 44.5 Å². The van der Waals surface area contributed by atoms with Gasteiger partial charge in [-0.05, 0) is 0 Å². The number of pyridine rings is 1. The number of benzene rings is 2. The molecule has 36 heavy (non-hydrogen) atoms. The molecule has 2 aromatic carbocycles. The van der Waals surface area contributed by atoms with Crippen molar-refractivity contribution in [1.29, 1.82) is 0 Å². The maximum absolute atomic E-state index is 12.9. The summed E-state index contributed by atoms with van der Waals surface area (Å²) in [5, 5.41) is 3.31. The molecule has 4 rings (SSSR count). The number of amidine groups is 1. The third kappa shape index (κ3) is 6.07. The van der Waals surface area contributed by atoms with E-state index in [0.29, 0.717) is 15.3 Å². The van der Waals surface area contributed by atoms with E-state index in [0.717, 1.165) is 20.1 Å². The zero-order valence-corrected chi connectivity index (χ0v) is 21.9. The van der Waals surface area contributed by atoms with E-state index in [1.165, 1.54) is 29.3 Å². The van der Waals surface area contributed by atoms with Crippen LogP contribution in [0.15, 0.2) is 65.8 Å². The third-order valence-corrected chi connectivity index (χ3v) is 11.2. The molecule has 11 heteroatoms. The van der Waals surface area contributed by atoms with E-state index in [-0.39, 0.29) is 23.0 Å². The average Bonchev–Trinajstić information content (AvgIpc) is 3.15. The van der Waals surface area contributed by atoms with Crippen molar-refractivity contribution in [1.82, 2.24) is 9.88 Å². The second kappa shape index (κ2) is 10.7. The number of rotatable bonds is 7. The number of hydrogen-bond donors (Lipinski definition) is 1. The number of fused-ring (bicyclic) bond motifs is 1. The minimum absolute atomic E-state index is 0.120. The Morgan fingerprint density at radius 3 is 2.58 bits per heavy atom. The maximum atomic E-state index is 12.9. The number of halogens is 4. The van der Waals surface area contributed by atoms with Crippen molar-refractivity contribution in [3.05, 3.63) is 70.1 Å². The molecule has 0 unspecified atom stereocenters. The van der Waals surface area contributed by atoms with Gasteiger partial charge in [-0.1, -0.05) is 0 Å². The van der Waals surface area contributed by atoms with Crippen molar-refractivity contribution in [2.45, 2.75) is 19.7 Å². The molecule has 0 aliphatic carbocycles. The van der Waals surface area contributed by atoms with Gasteiger partial charge in [-0.2, -0.15) is 0 Å². The first-order chi connectivity index (χ1) is 17.1. The SMILES string of the molecule is CCCI1C(=Nc2ccccc2OC(F)(F)F)Nc2cc(Oc3ccnc(C(=O)N(C)C)c3)ccc21. The number of alkyl halides is 4. The average molecular weight is 612 g/mol. The Morgan fingerprint density at radius 1 is 1.11 bits per heavy atom. The second-order valence-corrected chi connectivity index (χ2v) is 13.2. The molecule has 0 radical (unpaired) electrons. The van der Waals surface area contributed by atoms with Crippen LogP contribution in [0.4, 0.5) is 24.5 Å². The summed E-state index contributed by atoms with van der Waals surface area (Å²) in [6.07, 6.45) is -2.38. The van der Waals surface area contributed by atoms with Gasteiger partial charge in [0, 0.05) is 0 Å². The van der Waals surface area contributed by atoms with Crippen LogP contribution in [0.1, 0.15) is 23.8 Å². The third-order valence-electron chi connectivity index (χ3n) is 4.92. The topological polar surface area (TPSA) is 76.0 Å². The molecule has 2 heterocycles. The van der Waals surface area contributed by atoms with Crippen LogP contribution >= 0.6 is 19.8 Å². The standard InChI is InChI=1S/C25H24F3IN4O3/c1-4-12-29-18-10-9-16(35-17-11-13-30-21(15-17)23(34)33(2)3)14-20(18)32-24(29)31-19-7-5-6-8-22(19)36-25(26,27)28/h5-11,13-15H,4,12H2,1-3H3,(H,31,32). The first-order valence-corrected chi connectivity index (χ1v) is 14.7. The molecule has 1 amide bonds. The van der Waals surface area contributed by atoms with Crippen LogP contribution in [0.5, 0.6) is 17.2 Å². The van der Waals surface area contributed by atoms with Gasteiger partial charge in [-0.15, -0.1) is 0 Å². The van der Waals surface area contributed by atoms with Gasteiger partial charge < -0.3 is 0 Å². The van der Waals surface area contributed by atoms with Crippen LogP contribution in [0.25, 0.3) is 0 Å². The molecule has 1 aliphatic heterocycles.